The van der Waals surface area contributed by atoms with Crippen LogP contribution in [0.3, 0.4) is 0 Å². The summed E-state index contributed by atoms with van der Waals surface area (Å²) in [4.78, 5) is 15.3. The van der Waals surface area contributed by atoms with Crippen LogP contribution < -0.4 is 0 Å². The van der Waals surface area contributed by atoms with Crippen molar-refractivity contribution in [2.75, 3.05) is 26.2 Å². The van der Waals surface area contributed by atoms with Crippen LogP contribution >= 0.6 is 0 Å². The molecular formula is C23H27N5O3S. The second-order valence-electron chi connectivity index (χ2n) is 8.57. The Bertz CT molecular complexity index is 1230. The predicted molar refractivity (Wildman–Crippen MR) is 120 cm³/mol. The van der Waals surface area contributed by atoms with Crippen molar-refractivity contribution in [1.29, 1.82) is 0 Å². The number of carbonyl (C=O) groups is 1. The summed E-state index contributed by atoms with van der Waals surface area (Å²) in [6.07, 6.45) is 6.56. The molecule has 2 saturated heterocycles. The zero-order valence-electron chi connectivity index (χ0n) is 17.9. The zero-order chi connectivity index (χ0) is 22.1. The summed E-state index contributed by atoms with van der Waals surface area (Å²) in [5, 5.41) is 8.62. The van der Waals surface area contributed by atoms with Gasteiger partial charge >= 0.3 is 0 Å². The highest BCUT2D eigenvalue weighted by molar-refractivity contribution is 7.89. The number of piperidine rings is 2. The number of nitrogens with zero attached hydrogens (tertiary/aromatic N) is 5. The fourth-order valence-corrected chi connectivity index (χ4v) is 6.30. The molecule has 2 aliphatic rings. The number of hydrogen-bond donors (Lipinski definition) is 0. The first-order chi connectivity index (χ1) is 15.5. The molecule has 4 heterocycles. The van der Waals surface area contributed by atoms with Gasteiger partial charge in [0.2, 0.25) is 10.0 Å². The molecule has 0 saturated carbocycles. The highest BCUT2D eigenvalue weighted by Crippen LogP contribution is 2.28. The Labute approximate surface area is 187 Å². The predicted octanol–water partition coefficient (Wildman–Crippen LogP) is 2.92. The van der Waals surface area contributed by atoms with Crippen molar-refractivity contribution in [2.45, 2.75) is 42.9 Å². The molecule has 1 atom stereocenters. The quantitative estimate of drug-likeness (QED) is 0.606. The number of carbonyl (C=O) groups excluding carboxylic acids is 1. The van der Waals surface area contributed by atoms with Crippen molar-refractivity contribution in [3.8, 4) is 0 Å². The zero-order valence-corrected chi connectivity index (χ0v) is 18.7. The van der Waals surface area contributed by atoms with Gasteiger partial charge in [-0.2, -0.15) is 4.31 Å². The van der Waals surface area contributed by atoms with Gasteiger partial charge in [0.15, 0.2) is 5.65 Å². The SMILES string of the molecule is O=C(c1cccc(S(=O)(=O)N2CCCCC2)c1)N1CCCC(c2nnc3ccccn23)C1. The van der Waals surface area contributed by atoms with Gasteiger partial charge in [0.1, 0.15) is 5.82 Å². The number of benzene rings is 1. The molecule has 0 aliphatic carbocycles. The highest BCUT2D eigenvalue weighted by atomic mass is 32.2. The molecule has 0 radical (unpaired) electrons. The second kappa shape index (κ2) is 8.63. The minimum absolute atomic E-state index is 0.0883. The van der Waals surface area contributed by atoms with Crippen molar-refractivity contribution in [2.24, 2.45) is 0 Å². The van der Waals surface area contributed by atoms with Gasteiger partial charge in [-0.3, -0.25) is 9.20 Å². The molecule has 1 aromatic carbocycles. The number of amides is 1. The van der Waals surface area contributed by atoms with Crippen LogP contribution in [0.1, 0.15) is 54.2 Å². The molecule has 2 fully saturated rings. The Morgan fingerprint density at radius 2 is 1.78 bits per heavy atom. The van der Waals surface area contributed by atoms with Crippen LogP contribution in [0.25, 0.3) is 5.65 Å². The van der Waals surface area contributed by atoms with E-state index in [4.69, 9.17) is 0 Å². The lowest BCUT2D eigenvalue weighted by atomic mass is 9.96. The Morgan fingerprint density at radius 1 is 0.938 bits per heavy atom. The topological polar surface area (TPSA) is 87.9 Å². The Hall–Kier alpha value is -2.78. The van der Waals surface area contributed by atoms with E-state index in [-0.39, 0.29) is 16.7 Å². The number of hydrogen-bond acceptors (Lipinski definition) is 5. The number of rotatable bonds is 4. The van der Waals surface area contributed by atoms with Crippen molar-refractivity contribution in [3.63, 3.8) is 0 Å². The van der Waals surface area contributed by atoms with Gasteiger partial charge in [-0.25, -0.2) is 8.42 Å². The summed E-state index contributed by atoms with van der Waals surface area (Å²) in [7, 11) is -3.58. The molecule has 0 spiro atoms. The lowest BCUT2D eigenvalue weighted by Crippen LogP contribution is -2.39. The van der Waals surface area contributed by atoms with E-state index in [2.05, 4.69) is 10.2 Å². The molecule has 0 N–H and O–H groups in total. The summed E-state index contributed by atoms with van der Waals surface area (Å²) in [5.41, 5.74) is 1.21. The third-order valence-electron chi connectivity index (χ3n) is 6.45. The van der Waals surface area contributed by atoms with Gasteiger partial charge in [0.05, 0.1) is 4.90 Å². The van der Waals surface area contributed by atoms with Crippen molar-refractivity contribution < 1.29 is 13.2 Å². The minimum atomic E-state index is -3.58. The normalized spacial score (nSPS) is 20.5. The number of fused-ring (bicyclic) bond motifs is 1. The summed E-state index contributed by atoms with van der Waals surface area (Å²) >= 11 is 0. The van der Waals surface area contributed by atoms with Crippen molar-refractivity contribution in [1.82, 2.24) is 23.8 Å². The van der Waals surface area contributed by atoms with Crippen LogP contribution in [0.5, 0.6) is 0 Å². The minimum Gasteiger partial charge on any atom is -0.338 e. The second-order valence-corrected chi connectivity index (χ2v) is 10.5. The number of sulfonamides is 1. The van der Waals surface area contributed by atoms with Crippen LogP contribution in [0.2, 0.25) is 0 Å². The fourth-order valence-electron chi connectivity index (χ4n) is 4.74. The van der Waals surface area contributed by atoms with E-state index in [9.17, 15) is 13.2 Å². The lowest BCUT2D eigenvalue weighted by molar-refractivity contribution is 0.0704. The van der Waals surface area contributed by atoms with Gasteiger partial charge in [-0.15, -0.1) is 10.2 Å². The molecule has 32 heavy (non-hydrogen) atoms. The molecule has 1 amide bonds. The molecule has 5 rings (SSSR count). The molecule has 2 aromatic heterocycles. The molecule has 9 heteroatoms. The standard InChI is InChI=1S/C23H27N5O3S/c29-23(18-8-6-10-20(16-18)32(30,31)27-13-3-1-4-14-27)26-12-7-9-19(17-26)22-25-24-21-11-2-5-15-28(21)22/h2,5-6,8,10-11,15-16,19H,1,3-4,7,9,12-14,17H2. The molecule has 8 nitrogen and oxygen atoms in total. The van der Waals surface area contributed by atoms with Gasteiger partial charge in [-0.05, 0) is 56.0 Å². The number of aromatic nitrogens is 3. The molecule has 168 valence electrons. The molecular weight excluding hydrogens is 426 g/mol. The Kier molecular flexibility index (Phi) is 5.69. The van der Waals surface area contributed by atoms with E-state index in [1.807, 2.05) is 33.7 Å². The van der Waals surface area contributed by atoms with Crippen LogP contribution in [-0.2, 0) is 10.0 Å². The summed E-state index contributed by atoms with van der Waals surface area (Å²) < 4.78 is 29.6. The average molecular weight is 454 g/mol. The third-order valence-corrected chi connectivity index (χ3v) is 8.34. The average Bonchev–Trinajstić information content (AvgIpc) is 3.28. The van der Waals surface area contributed by atoms with E-state index in [0.717, 1.165) is 43.6 Å². The molecule has 1 unspecified atom stereocenters. The Morgan fingerprint density at radius 3 is 2.62 bits per heavy atom. The van der Waals surface area contributed by atoms with E-state index < -0.39 is 10.0 Å². The first-order valence-corrected chi connectivity index (χ1v) is 12.7. The number of likely N-dealkylation sites (tertiary alicyclic amines) is 1. The molecule has 3 aromatic rings. The lowest BCUT2D eigenvalue weighted by Gasteiger charge is -2.32. The molecule has 0 bridgehead atoms. The van der Waals surface area contributed by atoms with E-state index in [1.54, 1.807) is 18.2 Å². The largest absolute Gasteiger partial charge is 0.338 e. The van der Waals surface area contributed by atoms with Crippen LogP contribution in [-0.4, -0.2) is 64.3 Å². The van der Waals surface area contributed by atoms with Crippen LogP contribution in [0, 0.1) is 0 Å². The van der Waals surface area contributed by atoms with Crippen molar-refractivity contribution >= 4 is 21.6 Å². The first kappa shape index (κ1) is 21.1. The Balaban J connectivity index is 1.36. The first-order valence-electron chi connectivity index (χ1n) is 11.2. The van der Waals surface area contributed by atoms with E-state index in [0.29, 0.717) is 31.7 Å². The number of pyridine rings is 1. The highest BCUT2D eigenvalue weighted by Gasteiger charge is 2.30. The van der Waals surface area contributed by atoms with E-state index in [1.165, 1.54) is 10.4 Å². The maximum atomic E-state index is 13.3. The van der Waals surface area contributed by atoms with Gasteiger partial charge in [0.25, 0.3) is 5.91 Å². The van der Waals surface area contributed by atoms with Crippen molar-refractivity contribution in [3.05, 3.63) is 60.0 Å². The smallest absolute Gasteiger partial charge is 0.253 e. The summed E-state index contributed by atoms with van der Waals surface area (Å²) in [5.74, 6) is 0.809. The van der Waals surface area contributed by atoms with Gasteiger partial charge < -0.3 is 4.90 Å². The monoisotopic (exact) mass is 453 g/mol. The fraction of sp³-hybridized carbons (Fsp3) is 0.435. The maximum absolute atomic E-state index is 13.3. The summed E-state index contributed by atoms with van der Waals surface area (Å²) in [6.45, 7) is 2.27. The van der Waals surface area contributed by atoms with Gasteiger partial charge in [0, 0.05) is 43.9 Å². The molecule has 2 aliphatic heterocycles. The van der Waals surface area contributed by atoms with Gasteiger partial charge in [-0.1, -0.05) is 18.6 Å². The third kappa shape index (κ3) is 3.91. The maximum Gasteiger partial charge on any atom is 0.253 e. The van der Waals surface area contributed by atoms with Crippen LogP contribution in [0.4, 0.5) is 0 Å². The van der Waals surface area contributed by atoms with E-state index >= 15 is 0 Å². The summed E-state index contributed by atoms with van der Waals surface area (Å²) in [6, 6.07) is 12.3. The van der Waals surface area contributed by atoms with Crippen LogP contribution in [0.15, 0.2) is 53.6 Å².